The van der Waals surface area contributed by atoms with E-state index in [9.17, 15) is 4.79 Å². The summed E-state index contributed by atoms with van der Waals surface area (Å²) in [6, 6.07) is 11.3. The van der Waals surface area contributed by atoms with E-state index in [1.54, 1.807) is 32.4 Å². The van der Waals surface area contributed by atoms with Gasteiger partial charge >= 0.3 is 0 Å². The highest BCUT2D eigenvalue weighted by atomic mass is 16.7. The average molecular weight is 412 g/mol. The van der Waals surface area contributed by atoms with Gasteiger partial charge in [0.05, 0.1) is 20.3 Å². The van der Waals surface area contributed by atoms with E-state index in [-0.39, 0.29) is 18.7 Å². The highest BCUT2D eigenvalue weighted by molar-refractivity contribution is 5.94. The number of methoxy groups -OCH3 is 2. The number of hydrogen-bond acceptors (Lipinski definition) is 6. The molecule has 2 heterocycles. The molecule has 1 amide bonds. The minimum absolute atomic E-state index is 0.0730. The lowest BCUT2D eigenvalue weighted by Gasteiger charge is -2.35. The maximum atomic E-state index is 12.8. The van der Waals surface area contributed by atoms with Crippen LogP contribution in [0.3, 0.4) is 0 Å². The summed E-state index contributed by atoms with van der Waals surface area (Å²) in [6.45, 7) is 2.80. The van der Waals surface area contributed by atoms with Gasteiger partial charge in [0, 0.05) is 12.1 Å². The number of piperidine rings is 1. The van der Waals surface area contributed by atoms with E-state index < -0.39 is 0 Å². The third-order valence-corrected chi connectivity index (χ3v) is 5.71. The van der Waals surface area contributed by atoms with Crippen LogP contribution in [0, 0.1) is 0 Å². The van der Waals surface area contributed by atoms with Crippen LogP contribution in [0.2, 0.25) is 0 Å². The van der Waals surface area contributed by atoms with Crippen molar-refractivity contribution < 1.29 is 23.7 Å². The topological polar surface area (TPSA) is 69.3 Å². The molecule has 2 aliphatic rings. The summed E-state index contributed by atoms with van der Waals surface area (Å²) in [4.78, 5) is 15.3. The van der Waals surface area contributed by atoms with E-state index in [2.05, 4.69) is 16.3 Å². The zero-order chi connectivity index (χ0) is 20.9. The molecule has 0 aliphatic carbocycles. The maximum absolute atomic E-state index is 12.8. The molecule has 2 aromatic rings. The number of fused-ring (bicyclic) bond motifs is 1. The first-order chi connectivity index (χ1) is 14.7. The lowest BCUT2D eigenvalue weighted by Crippen LogP contribution is -2.40. The molecule has 160 valence electrons. The van der Waals surface area contributed by atoms with Crippen LogP contribution in [-0.4, -0.2) is 51.5 Å². The highest BCUT2D eigenvalue weighted by Crippen LogP contribution is 2.36. The van der Waals surface area contributed by atoms with Crippen molar-refractivity contribution in [1.29, 1.82) is 0 Å². The zero-order valence-corrected chi connectivity index (χ0v) is 17.5. The molecule has 7 heteroatoms. The van der Waals surface area contributed by atoms with E-state index >= 15 is 0 Å². The Hall–Kier alpha value is -2.93. The Morgan fingerprint density at radius 3 is 2.53 bits per heavy atom. The third kappa shape index (κ3) is 4.31. The van der Waals surface area contributed by atoms with Gasteiger partial charge in [-0.1, -0.05) is 12.5 Å². The molecule has 1 N–H and O–H groups in total. The van der Waals surface area contributed by atoms with Gasteiger partial charge in [0.25, 0.3) is 5.91 Å². The van der Waals surface area contributed by atoms with Crippen molar-refractivity contribution in [3.8, 4) is 23.0 Å². The van der Waals surface area contributed by atoms with Crippen LogP contribution in [0.5, 0.6) is 23.0 Å². The number of carbonyl (C=O) groups excluding carboxylic acids is 1. The average Bonchev–Trinajstić information content (AvgIpc) is 3.27. The number of benzene rings is 2. The molecular weight excluding hydrogens is 384 g/mol. The number of nitrogens with one attached hydrogen (secondary N) is 1. The summed E-state index contributed by atoms with van der Waals surface area (Å²) in [5, 5.41) is 3.10. The standard InChI is InChI=1S/C23H28N2O5/c1-27-19-8-7-17(13-21(19)28-2)23(26)24-14-18(25-10-4-3-5-11-25)16-6-9-20-22(12-16)30-15-29-20/h6-9,12-13,18H,3-5,10-11,14-15H2,1-2H3,(H,24,26). The number of amides is 1. The van der Waals surface area contributed by atoms with Crippen molar-refractivity contribution in [3.63, 3.8) is 0 Å². The van der Waals surface area contributed by atoms with Crippen LogP contribution in [0.25, 0.3) is 0 Å². The molecule has 7 nitrogen and oxygen atoms in total. The molecule has 4 rings (SSSR count). The van der Waals surface area contributed by atoms with Crippen LogP contribution in [0.15, 0.2) is 36.4 Å². The summed E-state index contributed by atoms with van der Waals surface area (Å²) < 4.78 is 21.6. The molecule has 2 aromatic carbocycles. The van der Waals surface area contributed by atoms with Crippen molar-refractivity contribution in [1.82, 2.24) is 10.2 Å². The Kier molecular flexibility index (Phi) is 6.28. The molecule has 0 bridgehead atoms. The molecule has 0 saturated carbocycles. The number of hydrogen-bond donors (Lipinski definition) is 1. The van der Waals surface area contributed by atoms with E-state index in [0.717, 1.165) is 30.2 Å². The molecular formula is C23H28N2O5. The van der Waals surface area contributed by atoms with Gasteiger partial charge in [-0.2, -0.15) is 0 Å². The van der Waals surface area contributed by atoms with Gasteiger partial charge in [0.2, 0.25) is 6.79 Å². The number of nitrogens with zero attached hydrogens (tertiary/aromatic N) is 1. The van der Waals surface area contributed by atoms with Gasteiger partial charge in [-0.3, -0.25) is 9.69 Å². The summed E-state index contributed by atoms with van der Waals surface area (Å²) in [7, 11) is 3.14. The molecule has 1 saturated heterocycles. The fourth-order valence-corrected chi connectivity index (χ4v) is 4.08. The smallest absolute Gasteiger partial charge is 0.251 e. The highest BCUT2D eigenvalue weighted by Gasteiger charge is 2.25. The number of ether oxygens (including phenoxy) is 4. The summed E-state index contributed by atoms with van der Waals surface area (Å²) in [5.74, 6) is 2.53. The van der Waals surface area contributed by atoms with E-state index in [1.807, 2.05) is 12.1 Å². The van der Waals surface area contributed by atoms with E-state index in [0.29, 0.717) is 23.6 Å². The monoisotopic (exact) mass is 412 g/mol. The minimum Gasteiger partial charge on any atom is -0.493 e. The Labute approximate surface area is 176 Å². The van der Waals surface area contributed by atoms with Gasteiger partial charge in [-0.15, -0.1) is 0 Å². The van der Waals surface area contributed by atoms with Gasteiger partial charge in [-0.05, 0) is 61.8 Å². The summed E-state index contributed by atoms with van der Waals surface area (Å²) in [5.41, 5.74) is 1.66. The molecule has 2 aliphatic heterocycles. The molecule has 0 spiro atoms. The van der Waals surface area contributed by atoms with E-state index in [1.165, 1.54) is 19.3 Å². The Bertz CT molecular complexity index is 895. The van der Waals surface area contributed by atoms with Crippen LogP contribution < -0.4 is 24.3 Å². The Morgan fingerprint density at radius 1 is 1.00 bits per heavy atom. The number of likely N-dealkylation sites (tertiary alicyclic amines) is 1. The molecule has 1 unspecified atom stereocenters. The first-order valence-corrected chi connectivity index (χ1v) is 10.3. The second-order valence-electron chi connectivity index (χ2n) is 7.50. The summed E-state index contributed by atoms with van der Waals surface area (Å²) in [6.07, 6.45) is 3.59. The third-order valence-electron chi connectivity index (χ3n) is 5.71. The van der Waals surface area contributed by atoms with Gasteiger partial charge in [0.15, 0.2) is 23.0 Å². The molecule has 1 atom stereocenters. The van der Waals surface area contributed by atoms with Gasteiger partial charge in [-0.25, -0.2) is 0 Å². The van der Waals surface area contributed by atoms with Crippen LogP contribution in [-0.2, 0) is 0 Å². The summed E-state index contributed by atoms with van der Waals surface area (Å²) >= 11 is 0. The lowest BCUT2D eigenvalue weighted by atomic mass is 10.0. The number of rotatable bonds is 7. The predicted octanol–water partition coefficient (Wildman–Crippen LogP) is 3.39. The van der Waals surface area contributed by atoms with Crippen molar-refractivity contribution in [3.05, 3.63) is 47.5 Å². The number of carbonyl (C=O) groups is 1. The quantitative estimate of drug-likeness (QED) is 0.752. The van der Waals surface area contributed by atoms with E-state index in [4.69, 9.17) is 18.9 Å². The van der Waals surface area contributed by atoms with Crippen LogP contribution in [0.4, 0.5) is 0 Å². The molecule has 1 fully saturated rings. The SMILES string of the molecule is COc1ccc(C(=O)NCC(c2ccc3c(c2)OCO3)N2CCCCC2)cc1OC. The predicted molar refractivity (Wildman–Crippen MR) is 113 cm³/mol. The van der Waals surface area contributed by atoms with Gasteiger partial charge in [0.1, 0.15) is 0 Å². The van der Waals surface area contributed by atoms with Crippen molar-refractivity contribution in [2.75, 3.05) is 40.6 Å². The zero-order valence-electron chi connectivity index (χ0n) is 17.5. The van der Waals surface area contributed by atoms with Crippen molar-refractivity contribution in [2.45, 2.75) is 25.3 Å². The fraction of sp³-hybridized carbons (Fsp3) is 0.435. The minimum atomic E-state index is -0.140. The fourth-order valence-electron chi connectivity index (χ4n) is 4.08. The second-order valence-corrected chi connectivity index (χ2v) is 7.50. The largest absolute Gasteiger partial charge is 0.493 e. The normalized spacial score (nSPS) is 16.7. The second kappa shape index (κ2) is 9.26. The van der Waals surface area contributed by atoms with Crippen LogP contribution in [0.1, 0.15) is 41.2 Å². The Morgan fingerprint density at radius 2 is 1.77 bits per heavy atom. The first kappa shape index (κ1) is 20.3. The first-order valence-electron chi connectivity index (χ1n) is 10.3. The Balaban J connectivity index is 1.51. The molecule has 30 heavy (non-hydrogen) atoms. The van der Waals surface area contributed by atoms with Crippen molar-refractivity contribution in [2.24, 2.45) is 0 Å². The van der Waals surface area contributed by atoms with Gasteiger partial charge < -0.3 is 24.3 Å². The molecule has 0 radical (unpaired) electrons. The molecule has 0 aromatic heterocycles. The van der Waals surface area contributed by atoms with Crippen molar-refractivity contribution >= 4 is 5.91 Å². The lowest BCUT2D eigenvalue weighted by molar-refractivity contribution is 0.0924. The maximum Gasteiger partial charge on any atom is 0.251 e. The van der Waals surface area contributed by atoms with Crippen LogP contribution >= 0.6 is 0 Å².